The smallest absolute Gasteiger partial charge is 0.292 e. The molecule has 0 saturated heterocycles. The van der Waals surface area contributed by atoms with Gasteiger partial charge < -0.3 is 10.2 Å². The maximum absolute atomic E-state index is 10.8. The van der Waals surface area contributed by atoms with Crippen molar-refractivity contribution in [2.75, 3.05) is 26.0 Å². The summed E-state index contributed by atoms with van der Waals surface area (Å²) in [4.78, 5) is 12.4. The number of hydrogen-bond acceptors (Lipinski definition) is 4. The van der Waals surface area contributed by atoms with Gasteiger partial charge in [-0.1, -0.05) is 12.1 Å². The molecule has 1 aromatic carbocycles. The molecule has 16 heavy (non-hydrogen) atoms. The van der Waals surface area contributed by atoms with Gasteiger partial charge in [-0.2, -0.15) is 0 Å². The number of nitro groups is 1. The summed E-state index contributed by atoms with van der Waals surface area (Å²) in [6.45, 7) is 2.82. The highest BCUT2D eigenvalue weighted by Crippen LogP contribution is 2.23. The number of hydrogen-bond donors (Lipinski definition) is 1. The van der Waals surface area contributed by atoms with Gasteiger partial charge in [0.1, 0.15) is 5.69 Å². The normalized spacial score (nSPS) is 12.5. The Hall–Kier alpha value is -1.62. The van der Waals surface area contributed by atoms with Crippen LogP contribution in [0.1, 0.15) is 6.92 Å². The number of nitro benzene ring substituents is 1. The number of anilines is 1. The molecule has 1 rings (SSSR count). The van der Waals surface area contributed by atoms with Crippen LogP contribution in [0.15, 0.2) is 24.3 Å². The third-order valence-corrected chi connectivity index (χ3v) is 2.14. The van der Waals surface area contributed by atoms with E-state index in [1.54, 1.807) is 18.2 Å². The second-order valence-electron chi connectivity index (χ2n) is 4.08. The molecule has 0 aromatic heterocycles. The molecule has 5 heteroatoms. The Labute approximate surface area is 95.2 Å². The van der Waals surface area contributed by atoms with Gasteiger partial charge >= 0.3 is 0 Å². The number of rotatable bonds is 5. The van der Waals surface area contributed by atoms with Gasteiger partial charge in [-0.05, 0) is 27.1 Å². The molecule has 0 amide bonds. The first-order valence-electron chi connectivity index (χ1n) is 5.15. The quantitative estimate of drug-likeness (QED) is 0.612. The van der Waals surface area contributed by atoms with E-state index >= 15 is 0 Å². The van der Waals surface area contributed by atoms with Crippen LogP contribution in [0.2, 0.25) is 0 Å². The van der Waals surface area contributed by atoms with Crippen molar-refractivity contribution in [3.8, 4) is 0 Å². The minimum absolute atomic E-state index is 0.119. The van der Waals surface area contributed by atoms with E-state index in [1.807, 2.05) is 25.9 Å². The number of likely N-dealkylation sites (N-methyl/N-ethyl adjacent to an activating group) is 1. The van der Waals surface area contributed by atoms with Crippen LogP contribution in [0.3, 0.4) is 0 Å². The fraction of sp³-hybridized carbons (Fsp3) is 0.455. The zero-order chi connectivity index (χ0) is 12.1. The summed E-state index contributed by atoms with van der Waals surface area (Å²) < 4.78 is 0. The van der Waals surface area contributed by atoms with Crippen LogP contribution >= 0.6 is 0 Å². The second kappa shape index (κ2) is 5.46. The van der Waals surface area contributed by atoms with E-state index in [0.717, 1.165) is 6.54 Å². The van der Waals surface area contributed by atoms with Crippen LogP contribution in [0.25, 0.3) is 0 Å². The van der Waals surface area contributed by atoms with Gasteiger partial charge in [0.2, 0.25) is 0 Å². The standard InChI is InChI=1S/C11H17N3O2/c1-9(8-13(2)3)12-10-6-4-5-7-11(10)14(15)16/h4-7,9,12H,8H2,1-3H3. The van der Waals surface area contributed by atoms with E-state index in [9.17, 15) is 10.1 Å². The first-order chi connectivity index (χ1) is 7.50. The molecule has 0 heterocycles. The molecule has 1 N–H and O–H groups in total. The van der Waals surface area contributed by atoms with Gasteiger partial charge in [0.15, 0.2) is 0 Å². The molecule has 1 atom stereocenters. The van der Waals surface area contributed by atoms with Crippen molar-refractivity contribution in [2.45, 2.75) is 13.0 Å². The maximum atomic E-state index is 10.8. The summed E-state index contributed by atoms with van der Waals surface area (Å²) in [5.74, 6) is 0. The van der Waals surface area contributed by atoms with Crippen LogP contribution in [-0.4, -0.2) is 36.5 Å². The van der Waals surface area contributed by atoms with Crippen molar-refractivity contribution in [1.29, 1.82) is 0 Å². The molecule has 0 aliphatic rings. The Morgan fingerprint density at radius 3 is 2.62 bits per heavy atom. The van der Waals surface area contributed by atoms with Crippen molar-refractivity contribution >= 4 is 11.4 Å². The molecule has 0 fully saturated rings. The number of nitrogens with one attached hydrogen (secondary N) is 1. The Kier molecular flexibility index (Phi) is 4.25. The average molecular weight is 223 g/mol. The summed E-state index contributed by atoms with van der Waals surface area (Å²) in [5.41, 5.74) is 0.690. The van der Waals surface area contributed by atoms with Crippen LogP contribution < -0.4 is 5.32 Å². The third kappa shape index (κ3) is 3.51. The van der Waals surface area contributed by atoms with Crippen LogP contribution in [0.5, 0.6) is 0 Å². The van der Waals surface area contributed by atoms with Crippen molar-refractivity contribution in [2.24, 2.45) is 0 Å². The summed E-state index contributed by atoms with van der Waals surface area (Å²) in [5, 5.41) is 13.9. The predicted octanol–water partition coefficient (Wildman–Crippen LogP) is 1.96. The van der Waals surface area contributed by atoms with Gasteiger partial charge in [0.05, 0.1) is 4.92 Å². The Bertz CT molecular complexity index is 366. The van der Waals surface area contributed by atoms with E-state index in [1.165, 1.54) is 6.07 Å². The minimum Gasteiger partial charge on any atom is -0.376 e. The molecule has 0 radical (unpaired) electrons. The van der Waals surface area contributed by atoms with Crippen LogP contribution in [0, 0.1) is 10.1 Å². The van der Waals surface area contributed by atoms with Crippen molar-refractivity contribution in [3.05, 3.63) is 34.4 Å². The lowest BCUT2D eigenvalue weighted by atomic mass is 10.2. The zero-order valence-electron chi connectivity index (χ0n) is 9.80. The Balaban J connectivity index is 2.76. The van der Waals surface area contributed by atoms with E-state index in [2.05, 4.69) is 5.32 Å². The molecule has 1 aromatic rings. The Morgan fingerprint density at radius 2 is 2.06 bits per heavy atom. The number of para-hydroxylation sites is 2. The number of nitrogens with zero attached hydrogens (tertiary/aromatic N) is 2. The minimum atomic E-state index is -0.370. The van der Waals surface area contributed by atoms with Crippen molar-refractivity contribution < 1.29 is 4.92 Å². The van der Waals surface area contributed by atoms with Gasteiger partial charge in [0.25, 0.3) is 5.69 Å². The average Bonchev–Trinajstić information content (AvgIpc) is 2.16. The molecule has 0 aliphatic carbocycles. The van der Waals surface area contributed by atoms with E-state index in [4.69, 9.17) is 0 Å². The highest BCUT2D eigenvalue weighted by atomic mass is 16.6. The monoisotopic (exact) mass is 223 g/mol. The summed E-state index contributed by atoms with van der Waals surface area (Å²) >= 11 is 0. The number of benzene rings is 1. The lowest BCUT2D eigenvalue weighted by Crippen LogP contribution is -2.29. The third-order valence-electron chi connectivity index (χ3n) is 2.14. The van der Waals surface area contributed by atoms with Crippen molar-refractivity contribution in [3.63, 3.8) is 0 Å². The second-order valence-corrected chi connectivity index (χ2v) is 4.08. The molecular weight excluding hydrogens is 206 g/mol. The molecule has 88 valence electrons. The summed E-state index contributed by atoms with van der Waals surface area (Å²) in [6.07, 6.45) is 0. The maximum Gasteiger partial charge on any atom is 0.292 e. The predicted molar refractivity (Wildman–Crippen MR) is 64.7 cm³/mol. The highest BCUT2D eigenvalue weighted by molar-refractivity contribution is 5.61. The highest BCUT2D eigenvalue weighted by Gasteiger charge is 2.14. The van der Waals surface area contributed by atoms with E-state index in [-0.39, 0.29) is 16.7 Å². The molecule has 0 aliphatic heterocycles. The Morgan fingerprint density at radius 1 is 1.44 bits per heavy atom. The molecule has 0 spiro atoms. The van der Waals surface area contributed by atoms with E-state index in [0.29, 0.717) is 5.69 Å². The molecular formula is C11H17N3O2. The fourth-order valence-electron chi connectivity index (χ4n) is 1.61. The zero-order valence-corrected chi connectivity index (χ0v) is 9.80. The van der Waals surface area contributed by atoms with Crippen molar-refractivity contribution in [1.82, 2.24) is 4.90 Å². The van der Waals surface area contributed by atoms with E-state index < -0.39 is 0 Å². The van der Waals surface area contributed by atoms with Crippen LogP contribution in [0.4, 0.5) is 11.4 Å². The summed E-state index contributed by atoms with van der Waals surface area (Å²) in [6, 6.07) is 6.85. The first-order valence-corrected chi connectivity index (χ1v) is 5.15. The molecule has 5 nitrogen and oxygen atoms in total. The molecule has 0 saturated carbocycles. The van der Waals surface area contributed by atoms with Gasteiger partial charge in [-0.15, -0.1) is 0 Å². The molecule has 0 bridgehead atoms. The lowest BCUT2D eigenvalue weighted by molar-refractivity contribution is -0.384. The topological polar surface area (TPSA) is 58.4 Å². The lowest BCUT2D eigenvalue weighted by Gasteiger charge is -2.19. The van der Waals surface area contributed by atoms with Gasteiger partial charge in [-0.3, -0.25) is 10.1 Å². The molecule has 1 unspecified atom stereocenters. The first kappa shape index (κ1) is 12.4. The summed E-state index contributed by atoms with van der Waals surface area (Å²) in [7, 11) is 3.94. The van der Waals surface area contributed by atoms with Crippen LogP contribution in [-0.2, 0) is 0 Å². The fourth-order valence-corrected chi connectivity index (χ4v) is 1.61. The van der Waals surface area contributed by atoms with Gasteiger partial charge in [0, 0.05) is 18.7 Å². The SMILES string of the molecule is CC(CN(C)C)Nc1ccccc1[N+](=O)[O-]. The largest absolute Gasteiger partial charge is 0.376 e. The van der Waals surface area contributed by atoms with Gasteiger partial charge in [-0.25, -0.2) is 0 Å².